The first-order valence-electron chi connectivity index (χ1n) is 4.57. The molecule has 2 atom stereocenters. The van der Waals surface area contributed by atoms with Crippen molar-refractivity contribution in [3.8, 4) is 12.3 Å². The van der Waals surface area contributed by atoms with Crippen molar-refractivity contribution in [1.29, 1.82) is 0 Å². The second-order valence-electron chi connectivity index (χ2n) is 5.03. The average molecular weight is 166 g/mol. The highest BCUT2D eigenvalue weighted by Crippen LogP contribution is 2.43. The van der Waals surface area contributed by atoms with Crippen LogP contribution in [0.25, 0.3) is 0 Å². The van der Waals surface area contributed by atoms with Crippen molar-refractivity contribution in [2.24, 2.45) is 11.3 Å². The van der Waals surface area contributed by atoms with Gasteiger partial charge in [0.15, 0.2) is 0 Å². The van der Waals surface area contributed by atoms with E-state index >= 15 is 0 Å². The lowest BCUT2D eigenvalue weighted by molar-refractivity contribution is -0.0133. The van der Waals surface area contributed by atoms with Gasteiger partial charge in [0, 0.05) is 0 Å². The van der Waals surface area contributed by atoms with Crippen LogP contribution in [-0.4, -0.2) is 10.7 Å². The van der Waals surface area contributed by atoms with Gasteiger partial charge in [0.05, 0.1) is 0 Å². The van der Waals surface area contributed by atoms with Gasteiger partial charge in [-0.3, -0.25) is 0 Å². The van der Waals surface area contributed by atoms with E-state index in [9.17, 15) is 5.11 Å². The quantitative estimate of drug-likeness (QED) is 0.547. The lowest BCUT2D eigenvalue weighted by Crippen LogP contribution is -2.40. The molecule has 1 N–H and O–H groups in total. The molecule has 0 aliphatic heterocycles. The summed E-state index contributed by atoms with van der Waals surface area (Å²) in [5.41, 5.74) is -0.653. The maximum atomic E-state index is 9.95. The lowest BCUT2D eigenvalue weighted by Gasteiger charge is -2.41. The molecular weight excluding hydrogens is 148 g/mol. The standard InChI is InChI=1S/C11H18O/c1-5-11(12)7-9(2)6-10(3,4)8-11/h1,9,12H,6-8H2,2-4H3/t9-,11+/m0/s1. The molecule has 1 saturated carbocycles. The van der Waals surface area contributed by atoms with Gasteiger partial charge in [-0.2, -0.15) is 0 Å². The molecule has 0 amide bonds. The van der Waals surface area contributed by atoms with Gasteiger partial charge < -0.3 is 5.11 Å². The molecular formula is C11H18O. The van der Waals surface area contributed by atoms with E-state index in [0.29, 0.717) is 5.92 Å². The van der Waals surface area contributed by atoms with Gasteiger partial charge in [0.25, 0.3) is 0 Å². The van der Waals surface area contributed by atoms with Gasteiger partial charge in [0.1, 0.15) is 5.60 Å². The molecule has 1 heteroatoms. The fourth-order valence-corrected chi connectivity index (χ4v) is 2.64. The van der Waals surface area contributed by atoms with Crippen molar-refractivity contribution in [3.05, 3.63) is 0 Å². The van der Waals surface area contributed by atoms with Crippen LogP contribution in [0.4, 0.5) is 0 Å². The average Bonchev–Trinajstić information content (AvgIpc) is 1.82. The number of rotatable bonds is 0. The topological polar surface area (TPSA) is 20.2 Å². The second kappa shape index (κ2) is 2.78. The zero-order valence-electron chi connectivity index (χ0n) is 8.22. The van der Waals surface area contributed by atoms with Crippen LogP contribution >= 0.6 is 0 Å². The summed E-state index contributed by atoms with van der Waals surface area (Å²) in [6, 6.07) is 0. The summed E-state index contributed by atoms with van der Waals surface area (Å²) in [5.74, 6) is 3.06. The Hall–Kier alpha value is -0.480. The first kappa shape index (κ1) is 9.61. The fraction of sp³-hybridized carbons (Fsp3) is 0.818. The predicted molar refractivity (Wildman–Crippen MR) is 50.6 cm³/mol. The molecule has 1 nitrogen and oxygen atoms in total. The third-order valence-electron chi connectivity index (χ3n) is 2.63. The van der Waals surface area contributed by atoms with Crippen LogP contribution in [0.1, 0.15) is 40.0 Å². The minimum atomic E-state index is -0.846. The number of terminal acetylenes is 1. The van der Waals surface area contributed by atoms with Crippen molar-refractivity contribution in [1.82, 2.24) is 0 Å². The Morgan fingerprint density at radius 3 is 2.42 bits per heavy atom. The van der Waals surface area contributed by atoms with Crippen molar-refractivity contribution >= 4 is 0 Å². The Labute approximate surface area is 75.2 Å². The molecule has 1 aliphatic rings. The molecule has 0 bridgehead atoms. The van der Waals surface area contributed by atoms with E-state index in [1.807, 2.05) is 0 Å². The van der Waals surface area contributed by atoms with Gasteiger partial charge in [-0.25, -0.2) is 0 Å². The summed E-state index contributed by atoms with van der Waals surface area (Å²) in [4.78, 5) is 0. The largest absolute Gasteiger partial charge is 0.378 e. The number of hydrogen-bond donors (Lipinski definition) is 1. The van der Waals surface area contributed by atoms with Crippen LogP contribution < -0.4 is 0 Å². The van der Waals surface area contributed by atoms with Gasteiger partial charge in [-0.1, -0.05) is 26.7 Å². The van der Waals surface area contributed by atoms with Crippen LogP contribution in [0, 0.1) is 23.7 Å². The number of hydrogen-bond acceptors (Lipinski definition) is 1. The zero-order chi connectivity index (χ0) is 9.41. The van der Waals surface area contributed by atoms with E-state index in [0.717, 1.165) is 19.3 Å². The van der Waals surface area contributed by atoms with Crippen molar-refractivity contribution in [2.75, 3.05) is 0 Å². The minimum absolute atomic E-state index is 0.193. The summed E-state index contributed by atoms with van der Waals surface area (Å²) >= 11 is 0. The maximum Gasteiger partial charge on any atom is 0.126 e. The van der Waals surface area contributed by atoms with Gasteiger partial charge in [0.2, 0.25) is 0 Å². The van der Waals surface area contributed by atoms with Crippen LogP contribution in [-0.2, 0) is 0 Å². The van der Waals surface area contributed by atoms with Gasteiger partial charge in [-0.15, -0.1) is 6.42 Å². The first-order chi connectivity index (χ1) is 5.37. The summed E-state index contributed by atoms with van der Waals surface area (Å²) in [6.45, 7) is 6.50. The molecule has 1 fully saturated rings. The van der Waals surface area contributed by atoms with Crippen LogP contribution in [0.3, 0.4) is 0 Å². The van der Waals surface area contributed by atoms with Crippen LogP contribution in [0.5, 0.6) is 0 Å². The van der Waals surface area contributed by atoms with E-state index in [2.05, 4.69) is 26.7 Å². The summed E-state index contributed by atoms with van der Waals surface area (Å²) < 4.78 is 0. The molecule has 12 heavy (non-hydrogen) atoms. The van der Waals surface area contributed by atoms with Crippen LogP contribution in [0.15, 0.2) is 0 Å². The second-order valence-corrected chi connectivity index (χ2v) is 5.03. The van der Waals surface area contributed by atoms with E-state index in [-0.39, 0.29) is 5.41 Å². The van der Waals surface area contributed by atoms with E-state index < -0.39 is 5.60 Å². The Morgan fingerprint density at radius 1 is 1.42 bits per heavy atom. The summed E-state index contributed by atoms with van der Waals surface area (Å²) in [6.07, 6.45) is 7.98. The SMILES string of the molecule is C#C[C@@]1(O)C[C@@H](C)CC(C)(C)C1. The Morgan fingerprint density at radius 2 is 2.00 bits per heavy atom. The Bertz CT molecular complexity index is 212. The maximum absolute atomic E-state index is 9.95. The highest BCUT2D eigenvalue weighted by atomic mass is 16.3. The fourth-order valence-electron chi connectivity index (χ4n) is 2.64. The van der Waals surface area contributed by atoms with E-state index in [4.69, 9.17) is 6.42 Å². The normalized spacial score (nSPS) is 40.4. The lowest BCUT2D eigenvalue weighted by atomic mass is 9.66. The summed E-state index contributed by atoms with van der Waals surface area (Å²) in [7, 11) is 0. The third-order valence-corrected chi connectivity index (χ3v) is 2.63. The molecule has 0 aromatic heterocycles. The Balaban J connectivity index is 2.78. The molecule has 0 spiro atoms. The third kappa shape index (κ3) is 2.01. The van der Waals surface area contributed by atoms with Gasteiger partial charge in [-0.05, 0) is 30.6 Å². The smallest absolute Gasteiger partial charge is 0.126 e. The Kier molecular flexibility index (Phi) is 2.23. The molecule has 0 unspecified atom stereocenters. The molecule has 1 rings (SSSR count). The molecule has 68 valence electrons. The number of aliphatic hydroxyl groups is 1. The minimum Gasteiger partial charge on any atom is -0.378 e. The van der Waals surface area contributed by atoms with Crippen molar-refractivity contribution in [2.45, 2.75) is 45.6 Å². The molecule has 1 aliphatic carbocycles. The van der Waals surface area contributed by atoms with E-state index in [1.54, 1.807) is 0 Å². The molecule has 0 aromatic carbocycles. The van der Waals surface area contributed by atoms with Crippen molar-refractivity contribution in [3.63, 3.8) is 0 Å². The van der Waals surface area contributed by atoms with Crippen molar-refractivity contribution < 1.29 is 5.11 Å². The highest BCUT2D eigenvalue weighted by molar-refractivity contribution is 5.11. The molecule has 0 heterocycles. The predicted octanol–water partition coefficient (Wildman–Crippen LogP) is 2.20. The molecule has 0 radical (unpaired) electrons. The molecule has 0 aromatic rings. The first-order valence-corrected chi connectivity index (χ1v) is 4.57. The molecule has 0 saturated heterocycles. The summed E-state index contributed by atoms with van der Waals surface area (Å²) in [5, 5.41) is 9.95. The van der Waals surface area contributed by atoms with Crippen LogP contribution in [0.2, 0.25) is 0 Å². The highest BCUT2D eigenvalue weighted by Gasteiger charge is 2.40. The zero-order valence-corrected chi connectivity index (χ0v) is 8.22. The monoisotopic (exact) mass is 166 g/mol. The van der Waals surface area contributed by atoms with E-state index in [1.165, 1.54) is 0 Å². The van der Waals surface area contributed by atoms with Gasteiger partial charge >= 0.3 is 0 Å².